The van der Waals surface area contributed by atoms with Gasteiger partial charge in [-0.3, -0.25) is 4.57 Å². The summed E-state index contributed by atoms with van der Waals surface area (Å²) in [4.78, 5) is 12.2. The molecule has 10 aromatic carbocycles. The Morgan fingerprint density at radius 2 is 0.934 bits per heavy atom. The first kappa shape index (κ1) is 33.0. The van der Waals surface area contributed by atoms with Gasteiger partial charge in [-0.15, -0.1) is 11.3 Å². The maximum Gasteiger partial charge on any atom is 0.236 e. The monoisotopic (exact) mass is 792 g/mol. The molecule has 0 aliphatic heterocycles. The highest BCUT2D eigenvalue weighted by molar-refractivity contribution is 7.25. The molecular formula is C56H32N4S. The average molecular weight is 793 g/mol. The van der Waals surface area contributed by atoms with Crippen molar-refractivity contribution in [2.24, 2.45) is 0 Å². The van der Waals surface area contributed by atoms with Gasteiger partial charge in [-0.2, -0.15) is 0 Å². The van der Waals surface area contributed by atoms with Gasteiger partial charge in [-0.1, -0.05) is 146 Å². The third-order valence-electron chi connectivity index (χ3n) is 12.9. The lowest BCUT2D eigenvalue weighted by Crippen LogP contribution is -2.03. The number of rotatable bonds is 3. The van der Waals surface area contributed by atoms with Crippen molar-refractivity contribution in [2.45, 2.75) is 0 Å². The maximum absolute atomic E-state index is 5.72. The summed E-state index contributed by atoms with van der Waals surface area (Å²) >= 11 is 1.74. The van der Waals surface area contributed by atoms with Crippen LogP contribution in [0.25, 0.3) is 130 Å². The fourth-order valence-electron chi connectivity index (χ4n) is 10.3. The summed E-state index contributed by atoms with van der Waals surface area (Å²) in [5, 5.41) is 17.0. The van der Waals surface area contributed by atoms with Gasteiger partial charge in [0, 0.05) is 53.7 Å². The van der Waals surface area contributed by atoms with Crippen molar-refractivity contribution in [3.63, 3.8) is 0 Å². The molecule has 0 saturated heterocycles. The fraction of sp³-hybridized carbons (Fsp3) is 0. The summed E-state index contributed by atoms with van der Waals surface area (Å²) in [7, 11) is 0. The Labute approximate surface area is 352 Å². The van der Waals surface area contributed by atoms with E-state index < -0.39 is 0 Å². The SMILES string of the molecule is c1ccc(-n2c3ccccc3c3ccc(-c4nc(-n5c6cc7ccccc7cc6c6c7c8ccccc8c8ccccc8c7ccc65)nc5sc6ccccc6c45)cc32)cc1. The van der Waals surface area contributed by atoms with E-state index in [4.69, 9.17) is 9.97 Å². The molecular weight excluding hydrogens is 761 g/mol. The van der Waals surface area contributed by atoms with Crippen molar-refractivity contribution in [3.8, 4) is 22.9 Å². The van der Waals surface area contributed by atoms with Crippen LogP contribution < -0.4 is 0 Å². The van der Waals surface area contributed by atoms with Gasteiger partial charge in [-0.05, 0) is 86.2 Å². The van der Waals surface area contributed by atoms with Crippen molar-refractivity contribution in [2.75, 3.05) is 0 Å². The van der Waals surface area contributed by atoms with E-state index in [0.29, 0.717) is 5.95 Å². The van der Waals surface area contributed by atoms with Crippen molar-refractivity contribution in [3.05, 3.63) is 194 Å². The molecule has 0 fully saturated rings. The molecule has 0 aliphatic rings. The van der Waals surface area contributed by atoms with E-state index >= 15 is 0 Å². The highest BCUT2D eigenvalue weighted by atomic mass is 32.1. The van der Waals surface area contributed by atoms with Crippen LogP contribution in [0.15, 0.2) is 194 Å². The molecule has 0 amide bonds. The van der Waals surface area contributed by atoms with Crippen molar-refractivity contribution < 1.29 is 0 Å². The third kappa shape index (κ3) is 4.58. The fourth-order valence-corrected chi connectivity index (χ4v) is 11.4. The number of benzene rings is 10. The lowest BCUT2D eigenvalue weighted by molar-refractivity contribution is 1.02. The summed E-state index contributed by atoms with van der Waals surface area (Å²) in [6.45, 7) is 0. The topological polar surface area (TPSA) is 35.6 Å². The standard InChI is InChI=1S/C56H32N4S/c1-2-16-36(17-3-1)59-46-24-12-10-21-40(46)41-27-26-35(32-48(41)59)54-53-44-23-11-13-25-50(44)61-55(53)58-56(57-54)60-47-29-28-43-39-20-7-6-18-37(39)38-19-8-9-22-42(38)51(43)52(47)45-30-33-14-4-5-15-34(33)31-49(45)60/h1-32H. The van der Waals surface area contributed by atoms with Gasteiger partial charge in [0.2, 0.25) is 5.95 Å². The lowest BCUT2D eigenvalue weighted by Gasteiger charge is -2.13. The Morgan fingerprint density at radius 3 is 1.74 bits per heavy atom. The third-order valence-corrected chi connectivity index (χ3v) is 14.0. The zero-order valence-corrected chi connectivity index (χ0v) is 33.5. The predicted molar refractivity (Wildman–Crippen MR) is 259 cm³/mol. The van der Waals surface area contributed by atoms with E-state index in [1.807, 2.05) is 0 Å². The second-order valence-corrected chi connectivity index (χ2v) is 17.1. The van der Waals surface area contributed by atoms with Crippen LogP contribution in [0.5, 0.6) is 0 Å². The number of nitrogens with zero attached hydrogens (tertiary/aromatic N) is 4. The minimum absolute atomic E-state index is 0.664. The first-order valence-corrected chi connectivity index (χ1v) is 21.6. The van der Waals surface area contributed by atoms with Gasteiger partial charge in [0.05, 0.1) is 27.8 Å². The Hall–Kier alpha value is -7.86. The normalized spacial score (nSPS) is 12.3. The Bertz CT molecular complexity index is 4140. The molecule has 4 nitrogen and oxygen atoms in total. The Kier molecular flexibility index (Phi) is 6.68. The quantitative estimate of drug-likeness (QED) is 0.167. The highest BCUT2D eigenvalue weighted by Crippen LogP contribution is 2.46. The average Bonchev–Trinajstić information content (AvgIpc) is 3.98. The predicted octanol–water partition coefficient (Wildman–Crippen LogP) is 15.3. The minimum Gasteiger partial charge on any atom is -0.309 e. The summed E-state index contributed by atoms with van der Waals surface area (Å²) in [5.74, 6) is 0.664. The van der Waals surface area contributed by atoms with E-state index in [2.05, 4.69) is 203 Å². The van der Waals surface area contributed by atoms with Crippen LogP contribution in [0.3, 0.4) is 0 Å². The van der Waals surface area contributed by atoms with E-state index in [1.165, 1.54) is 80.2 Å². The smallest absolute Gasteiger partial charge is 0.236 e. The summed E-state index contributed by atoms with van der Waals surface area (Å²) in [5.41, 5.74) is 7.61. The highest BCUT2D eigenvalue weighted by Gasteiger charge is 2.24. The minimum atomic E-state index is 0.664. The number of fused-ring (bicyclic) bond motifs is 17. The van der Waals surface area contributed by atoms with Gasteiger partial charge in [0.25, 0.3) is 0 Å². The molecule has 282 valence electrons. The Balaban J connectivity index is 1.13. The molecule has 0 bridgehead atoms. The van der Waals surface area contributed by atoms with Gasteiger partial charge in [-0.25, -0.2) is 9.97 Å². The zero-order chi connectivity index (χ0) is 39.8. The van der Waals surface area contributed by atoms with E-state index in [9.17, 15) is 0 Å². The molecule has 5 heteroatoms. The molecule has 0 saturated carbocycles. The van der Waals surface area contributed by atoms with Crippen LogP contribution in [0.2, 0.25) is 0 Å². The zero-order valence-electron chi connectivity index (χ0n) is 32.7. The molecule has 0 N–H and O–H groups in total. The molecule has 61 heavy (non-hydrogen) atoms. The molecule has 0 unspecified atom stereocenters. The van der Waals surface area contributed by atoms with Crippen LogP contribution in [0.1, 0.15) is 0 Å². The van der Waals surface area contributed by atoms with Gasteiger partial charge in [0.15, 0.2) is 0 Å². The number of thiophene rings is 1. The van der Waals surface area contributed by atoms with Gasteiger partial charge in [0.1, 0.15) is 4.83 Å². The largest absolute Gasteiger partial charge is 0.309 e. The molecule has 4 aromatic heterocycles. The second kappa shape index (κ2) is 12.3. The van der Waals surface area contributed by atoms with Crippen LogP contribution in [0, 0.1) is 0 Å². The first-order chi connectivity index (χ1) is 30.3. The number of para-hydroxylation sites is 2. The molecule has 14 rings (SSSR count). The van der Waals surface area contributed by atoms with Crippen LogP contribution in [-0.4, -0.2) is 19.1 Å². The molecule has 0 spiro atoms. The molecule has 0 aliphatic carbocycles. The van der Waals surface area contributed by atoms with E-state index in [-0.39, 0.29) is 0 Å². The maximum atomic E-state index is 5.72. The van der Waals surface area contributed by atoms with E-state index in [1.54, 1.807) is 11.3 Å². The van der Waals surface area contributed by atoms with E-state index in [0.717, 1.165) is 43.7 Å². The number of hydrogen-bond acceptors (Lipinski definition) is 3. The van der Waals surface area contributed by atoms with Gasteiger partial charge >= 0.3 is 0 Å². The number of hydrogen-bond donors (Lipinski definition) is 0. The molecule has 14 aromatic rings. The summed E-state index contributed by atoms with van der Waals surface area (Å²) in [6.07, 6.45) is 0. The second-order valence-electron chi connectivity index (χ2n) is 16.1. The summed E-state index contributed by atoms with van der Waals surface area (Å²) < 4.78 is 5.91. The number of aromatic nitrogens is 4. The van der Waals surface area contributed by atoms with Crippen LogP contribution >= 0.6 is 11.3 Å². The lowest BCUT2D eigenvalue weighted by atomic mass is 9.91. The molecule has 0 atom stereocenters. The molecule has 4 heterocycles. The summed E-state index contributed by atoms with van der Waals surface area (Å²) in [6, 6.07) is 70.6. The van der Waals surface area contributed by atoms with Gasteiger partial charge < -0.3 is 4.57 Å². The van der Waals surface area contributed by atoms with Crippen LogP contribution in [0.4, 0.5) is 0 Å². The van der Waals surface area contributed by atoms with Crippen molar-refractivity contribution >= 4 is 118 Å². The van der Waals surface area contributed by atoms with Crippen LogP contribution in [-0.2, 0) is 0 Å². The van der Waals surface area contributed by atoms with Crippen molar-refractivity contribution in [1.82, 2.24) is 19.1 Å². The molecule has 0 radical (unpaired) electrons. The first-order valence-electron chi connectivity index (χ1n) is 20.7. The Morgan fingerprint density at radius 1 is 0.344 bits per heavy atom. The van der Waals surface area contributed by atoms with Crippen molar-refractivity contribution in [1.29, 1.82) is 0 Å².